The Labute approximate surface area is 125 Å². The van der Waals surface area contributed by atoms with Crippen molar-refractivity contribution in [1.82, 2.24) is 14.7 Å². The molecular formula is C15H23N3OS. The summed E-state index contributed by atoms with van der Waals surface area (Å²) in [6.45, 7) is 6.45. The van der Waals surface area contributed by atoms with Gasteiger partial charge in [0.05, 0.1) is 6.42 Å². The zero-order valence-corrected chi connectivity index (χ0v) is 12.9. The van der Waals surface area contributed by atoms with E-state index < -0.39 is 0 Å². The normalized spacial score (nSPS) is 25.2. The molecule has 2 aliphatic rings. The quantitative estimate of drug-likeness (QED) is 0.836. The predicted molar refractivity (Wildman–Crippen MR) is 82.1 cm³/mol. The van der Waals surface area contributed by atoms with E-state index in [1.165, 1.54) is 0 Å². The molecule has 0 saturated carbocycles. The SMILES string of the molecule is CN1CCN([C@H]2CCN(C(=O)Cc3ccsc3)C2)CC1. The standard InChI is InChI=1S/C15H23N3OS/c1-16-5-7-17(8-6-16)14-2-4-18(11-14)15(19)10-13-3-9-20-12-13/h3,9,12,14H,2,4-8,10-11H2,1H3/t14-/m0/s1. The van der Waals surface area contributed by atoms with Crippen molar-refractivity contribution >= 4 is 17.2 Å². The molecule has 20 heavy (non-hydrogen) atoms. The first-order valence-electron chi connectivity index (χ1n) is 7.44. The Bertz CT molecular complexity index is 440. The maximum absolute atomic E-state index is 12.3. The molecule has 0 radical (unpaired) electrons. The lowest BCUT2D eigenvalue weighted by Crippen LogP contribution is -2.50. The molecule has 0 aromatic carbocycles. The van der Waals surface area contributed by atoms with E-state index in [0.29, 0.717) is 18.4 Å². The molecule has 0 aliphatic carbocycles. The maximum atomic E-state index is 12.3. The van der Waals surface area contributed by atoms with Gasteiger partial charge < -0.3 is 9.80 Å². The van der Waals surface area contributed by atoms with Crippen molar-refractivity contribution in [3.63, 3.8) is 0 Å². The van der Waals surface area contributed by atoms with Crippen molar-refractivity contribution in [1.29, 1.82) is 0 Å². The molecule has 1 amide bonds. The fourth-order valence-electron chi connectivity index (χ4n) is 3.13. The van der Waals surface area contributed by atoms with Gasteiger partial charge in [0, 0.05) is 45.3 Å². The highest BCUT2D eigenvalue weighted by Gasteiger charge is 2.31. The highest BCUT2D eigenvalue weighted by molar-refractivity contribution is 7.07. The number of hydrogen-bond acceptors (Lipinski definition) is 4. The summed E-state index contributed by atoms with van der Waals surface area (Å²) in [5.74, 6) is 0.292. The largest absolute Gasteiger partial charge is 0.341 e. The summed E-state index contributed by atoms with van der Waals surface area (Å²) in [7, 11) is 2.18. The zero-order chi connectivity index (χ0) is 13.9. The van der Waals surface area contributed by atoms with Crippen LogP contribution in [0.2, 0.25) is 0 Å². The molecule has 0 N–H and O–H groups in total. The maximum Gasteiger partial charge on any atom is 0.227 e. The van der Waals surface area contributed by atoms with Gasteiger partial charge in [-0.2, -0.15) is 11.3 Å². The molecule has 110 valence electrons. The van der Waals surface area contributed by atoms with Crippen molar-refractivity contribution in [3.8, 4) is 0 Å². The van der Waals surface area contributed by atoms with Gasteiger partial charge in [-0.3, -0.25) is 9.69 Å². The molecule has 2 aliphatic heterocycles. The van der Waals surface area contributed by atoms with Gasteiger partial charge in [0.15, 0.2) is 0 Å². The molecule has 1 aromatic heterocycles. The van der Waals surface area contributed by atoms with Gasteiger partial charge in [0.1, 0.15) is 0 Å². The molecule has 2 saturated heterocycles. The fraction of sp³-hybridized carbons (Fsp3) is 0.667. The number of likely N-dealkylation sites (tertiary alicyclic amines) is 1. The van der Waals surface area contributed by atoms with E-state index in [4.69, 9.17) is 0 Å². The molecule has 0 bridgehead atoms. The van der Waals surface area contributed by atoms with Crippen molar-refractivity contribution in [2.24, 2.45) is 0 Å². The Balaban J connectivity index is 1.50. The third-order valence-electron chi connectivity index (χ3n) is 4.51. The average molecular weight is 293 g/mol. The Kier molecular flexibility index (Phi) is 4.38. The van der Waals surface area contributed by atoms with Crippen LogP contribution >= 0.6 is 11.3 Å². The Morgan fingerprint density at radius 1 is 1.30 bits per heavy atom. The van der Waals surface area contributed by atoms with Gasteiger partial charge in [-0.05, 0) is 35.9 Å². The van der Waals surface area contributed by atoms with E-state index >= 15 is 0 Å². The molecule has 2 fully saturated rings. The van der Waals surface area contributed by atoms with Gasteiger partial charge in [-0.15, -0.1) is 0 Å². The second-order valence-corrected chi connectivity index (χ2v) is 6.71. The number of piperazine rings is 1. The van der Waals surface area contributed by atoms with E-state index in [9.17, 15) is 4.79 Å². The average Bonchev–Trinajstić information content (AvgIpc) is 3.10. The summed E-state index contributed by atoms with van der Waals surface area (Å²) in [6.07, 6.45) is 1.71. The summed E-state index contributed by atoms with van der Waals surface area (Å²) in [5, 5.41) is 4.12. The minimum Gasteiger partial charge on any atom is -0.341 e. The second-order valence-electron chi connectivity index (χ2n) is 5.93. The van der Waals surface area contributed by atoms with Crippen LogP contribution in [-0.2, 0) is 11.2 Å². The lowest BCUT2D eigenvalue weighted by Gasteiger charge is -2.36. The second kappa shape index (κ2) is 6.24. The first kappa shape index (κ1) is 14.0. The van der Waals surface area contributed by atoms with Crippen molar-refractivity contribution in [2.45, 2.75) is 18.9 Å². The topological polar surface area (TPSA) is 26.8 Å². The van der Waals surface area contributed by atoms with Gasteiger partial charge >= 0.3 is 0 Å². The van der Waals surface area contributed by atoms with Crippen LogP contribution in [0, 0.1) is 0 Å². The number of carbonyl (C=O) groups is 1. The highest BCUT2D eigenvalue weighted by Crippen LogP contribution is 2.18. The summed E-state index contributed by atoms with van der Waals surface area (Å²) < 4.78 is 0. The first-order chi connectivity index (χ1) is 9.72. The van der Waals surface area contributed by atoms with E-state index in [2.05, 4.69) is 33.2 Å². The number of hydrogen-bond donors (Lipinski definition) is 0. The third-order valence-corrected chi connectivity index (χ3v) is 5.24. The van der Waals surface area contributed by atoms with Crippen LogP contribution in [0.25, 0.3) is 0 Å². The first-order valence-corrected chi connectivity index (χ1v) is 8.38. The molecule has 3 rings (SSSR count). The Morgan fingerprint density at radius 2 is 2.10 bits per heavy atom. The van der Waals surface area contributed by atoms with E-state index in [1.54, 1.807) is 11.3 Å². The lowest BCUT2D eigenvalue weighted by molar-refractivity contribution is -0.129. The summed E-state index contributed by atoms with van der Waals surface area (Å²) in [4.78, 5) is 19.3. The van der Waals surface area contributed by atoms with Crippen LogP contribution in [0.15, 0.2) is 16.8 Å². The lowest BCUT2D eigenvalue weighted by atomic mass is 10.2. The van der Waals surface area contributed by atoms with Crippen molar-refractivity contribution in [2.75, 3.05) is 46.3 Å². The molecular weight excluding hydrogens is 270 g/mol. The summed E-state index contributed by atoms with van der Waals surface area (Å²) >= 11 is 1.66. The van der Waals surface area contributed by atoms with Crippen LogP contribution in [0.3, 0.4) is 0 Å². The van der Waals surface area contributed by atoms with E-state index in [0.717, 1.165) is 51.3 Å². The van der Waals surface area contributed by atoms with Crippen LogP contribution in [-0.4, -0.2) is 73.0 Å². The monoisotopic (exact) mass is 293 g/mol. The van der Waals surface area contributed by atoms with Crippen LogP contribution in [0.4, 0.5) is 0 Å². The molecule has 4 nitrogen and oxygen atoms in total. The highest BCUT2D eigenvalue weighted by atomic mass is 32.1. The van der Waals surface area contributed by atoms with E-state index in [1.807, 2.05) is 5.38 Å². The summed E-state index contributed by atoms with van der Waals surface area (Å²) in [5.41, 5.74) is 1.16. The van der Waals surface area contributed by atoms with Gasteiger partial charge in [-0.25, -0.2) is 0 Å². The predicted octanol–water partition coefficient (Wildman–Crippen LogP) is 1.14. The van der Waals surface area contributed by atoms with Crippen LogP contribution in [0.5, 0.6) is 0 Å². The van der Waals surface area contributed by atoms with Crippen molar-refractivity contribution in [3.05, 3.63) is 22.4 Å². The zero-order valence-electron chi connectivity index (χ0n) is 12.1. The van der Waals surface area contributed by atoms with Gasteiger partial charge in [0.2, 0.25) is 5.91 Å². The van der Waals surface area contributed by atoms with Gasteiger partial charge in [-0.1, -0.05) is 0 Å². The smallest absolute Gasteiger partial charge is 0.227 e. The Morgan fingerprint density at radius 3 is 2.80 bits per heavy atom. The third kappa shape index (κ3) is 3.22. The Hall–Kier alpha value is -0.910. The molecule has 5 heteroatoms. The number of thiophene rings is 1. The number of nitrogens with zero attached hydrogens (tertiary/aromatic N) is 3. The number of amides is 1. The molecule has 1 aromatic rings. The molecule has 0 unspecified atom stereocenters. The van der Waals surface area contributed by atoms with Crippen molar-refractivity contribution < 1.29 is 4.79 Å². The summed E-state index contributed by atoms with van der Waals surface area (Å²) in [6, 6.07) is 2.63. The number of carbonyl (C=O) groups excluding carboxylic acids is 1. The molecule has 1 atom stereocenters. The van der Waals surface area contributed by atoms with E-state index in [-0.39, 0.29) is 0 Å². The number of likely N-dealkylation sites (N-methyl/N-ethyl adjacent to an activating group) is 1. The van der Waals surface area contributed by atoms with Crippen LogP contribution in [0.1, 0.15) is 12.0 Å². The minimum absolute atomic E-state index is 0.292. The molecule has 0 spiro atoms. The fourth-order valence-corrected chi connectivity index (χ4v) is 3.80. The van der Waals surface area contributed by atoms with Gasteiger partial charge in [0.25, 0.3) is 0 Å². The van der Waals surface area contributed by atoms with Crippen LogP contribution < -0.4 is 0 Å². The number of rotatable bonds is 3. The molecule has 3 heterocycles. The minimum atomic E-state index is 0.292.